The minimum atomic E-state index is -2.31. The fourth-order valence-electron chi connectivity index (χ4n) is 2.40. The van der Waals surface area contributed by atoms with Gasteiger partial charge in [0.2, 0.25) is 29.1 Å². The largest absolute Gasteiger partial charge is 0.479 e. The van der Waals surface area contributed by atoms with Crippen LogP contribution in [-0.4, -0.2) is 23.5 Å². The molecule has 0 aliphatic heterocycles. The highest BCUT2D eigenvalue weighted by Gasteiger charge is 2.27. The SMILES string of the molecule is CCOC(=O)Cc1csc(NC(=O)c2ccc(COc3c(F)c(F)c(F)c(F)c3F)o2)n1. The summed E-state index contributed by atoms with van der Waals surface area (Å²) >= 11 is 1.05. The Morgan fingerprint density at radius 3 is 2.38 bits per heavy atom. The molecule has 0 aliphatic rings. The van der Waals surface area contributed by atoms with E-state index in [1.807, 2.05) is 0 Å². The van der Waals surface area contributed by atoms with Gasteiger partial charge < -0.3 is 13.9 Å². The number of hydrogen-bond donors (Lipinski definition) is 1. The highest BCUT2D eigenvalue weighted by Crippen LogP contribution is 2.30. The minimum Gasteiger partial charge on any atom is -0.479 e. The minimum absolute atomic E-state index is 0.0693. The van der Waals surface area contributed by atoms with Crippen LogP contribution < -0.4 is 10.1 Å². The summed E-state index contributed by atoms with van der Waals surface area (Å²) in [5.41, 5.74) is 0.389. The Morgan fingerprint density at radius 1 is 1.06 bits per heavy atom. The Hall–Kier alpha value is -3.48. The summed E-state index contributed by atoms with van der Waals surface area (Å²) in [6, 6.07) is 2.43. The molecule has 0 radical (unpaired) electrons. The molecule has 0 aliphatic carbocycles. The van der Waals surface area contributed by atoms with Crippen LogP contribution in [0.3, 0.4) is 0 Å². The highest BCUT2D eigenvalue weighted by atomic mass is 32.1. The van der Waals surface area contributed by atoms with E-state index >= 15 is 0 Å². The molecule has 1 aromatic carbocycles. The standard InChI is InChI=1S/C19H13F5N2O5S/c1-2-29-11(27)5-8-7-32-19(25-8)26-18(28)10-4-3-9(31-10)6-30-17-15(23)13(21)12(20)14(22)16(17)24/h3-4,7H,2,5-6H2,1H3,(H,25,26,28). The summed E-state index contributed by atoms with van der Waals surface area (Å²) in [4.78, 5) is 27.7. The fourth-order valence-corrected chi connectivity index (χ4v) is 3.10. The summed E-state index contributed by atoms with van der Waals surface area (Å²) < 4.78 is 81.4. The second-order valence-electron chi connectivity index (χ2n) is 6.03. The van der Waals surface area contributed by atoms with Gasteiger partial charge in [0.05, 0.1) is 18.7 Å². The number of aromatic nitrogens is 1. The van der Waals surface area contributed by atoms with Crippen LogP contribution in [0.15, 0.2) is 21.9 Å². The predicted molar refractivity (Wildman–Crippen MR) is 99.7 cm³/mol. The summed E-state index contributed by atoms with van der Waals surface area (Å²) in [6.07, 6.45) is -0.0693. The number of rotatable bonds is 8. The van der Waals surface area contributed by atoms with Crippen LogP contribution in [0.2, 0.25) is 0 Å². The lowest BCUT2D eigenvalue weighted by Gasteiger charge is -2.09. The van der Waals surface area contributed by atoms with Crippen LogP contribution >= 0.6 is 11.3 Å². The monoisotopic (exact) mass is 476 g/mol. The summed E-state index contributed by atoms with van der Waals surface area (Å²) in [5, 5.41) is 4.16. The molecule has 13 heteroatoms. The van der Waals surface area contributed by atoms with Crippen LogP contribution in [0.5, 0.6) is 5.75 Å². The first-order valence-electron chi connectivity index (χ1n) is 8.85. The van der Waals surface area contributed by atoms with Gasteiger partial charge in [-0.15, -0.1) is 11.3 Å². The van der Waals surface area contributed by atoms with E-state index in [1.165, 1.54) is 12.1 Å². The van der Waals surface area contributed by atoms with Crippen LogP contribution in [0.1, 0.15) is 28.9 Å². The number of carbonyl (C=O) groups is 2. The molecule has 0 saturated carbocycles. The van der Waals surface area contributed by atoms with Crippen LogP contribution in [-0.2, 0) is 22.6 Å². The first-order valence-corrected chi connectivity index (χ1v) is 9.73. The average molecular weight is 476 g/mol. The molecule has 32 heavy (non-hydrogen) atoms. The van der Waals surface area contributed by atoms with E-state index in [9.17, 15) is 31.5 Å². The second kappa shape index (κ2) is 9.77. The summed E-state index contributed by atoms with van der Waals surface area (Å²) in [5.74, 6) is -13.9. The Kier molecular flexibility index (Phi) is 7.08. The number of furan rings is 1. The number of nitrogens with one attached hydrogen (secondary N) is 1. The van der Waals surface area contributed by atoms with Crippen molar-refractivity contribution in [3.05, 3.63) is 63.8 Å². The van der Waals surface area contributed by atoms with Gasteiger partial charge in [-0.1, -0.05) is 0 Å². The van der Waals surface area contributed by atoms with E-state index in [2.05, 4.69) is 15.0 Å². The molecular weight excluding hydrogens is 463 g/mol. The maximum Gasteiger partial charge on any atom is 0.311 e. The quantitative estimate of drug-likeness (QED) is 0.225. The van der Waals surface area contributed by atoms with Crippen LogP contribution in [0.4, 0.5) is 27.1 Å². The van der Waals surface area contributed by atoms with Crippen molar-refractivity contribution in [2.24, 2.45) is 0 Å². The lowest BCUT2D eigenvalue weighted by atomic mass is 10.2. The van der Waals surface area contributed by atoms with Gasteiger partial charge >= 0.3 is 5.97 Å². The van der Waals surface area contributed by atoms with Crippen LogP contribution in [0.25, 0.3) is 0 Å². The van der Waals surface area contributed by atoms with E-state index in [1.54, 1.807) is 12.3 Å². The molecule has 0 atom stereocenters. The number of hydrogen-bond acceptors (Lipinski definition) is 7. The van der Waals surface area contributed by atoms with E-state index in [0.717, 1.165) is 11.3 Å². The van der Waals surface area contributed by atoms with Gasteiger partial charge in [-0.2, -0.15) is 8.78 Å². The van der Waals surface area contributed by atoms with Crippen LogP contribution in [0, 0.1) is 29.1 Å². The maximum absolute atomic E-state index is 13.6. The third-order valence-electron chi connectivity index (χ3n) is 3.82. The van der Waals surface area contributed by atoms with Gasteiger partial charge in [0.15, 0.2) is 16.6 Å². The van der Waals surface area contributed by atoms with Gasteiger partial charge in [0.25, 0.3) is 5.91 Å². The number of anilines is 1. The predicted octanol–water partition coefficient (Wildman–Crippen LogP) is 4.37. The van der Waals surface area contributed by atoms with Gasteiger partial charge in [-0.3, -0.25) is 14.9 Å². The summed E-state index contributed by atoms with van der Waals surface area (Å²) in [6.45, 7) is 1.17. The molecule has 0 saturated heterocycles. The molecule has 2 heterocycles. The average Bonchev–Trinajstić information content (AvgIpc) is 3.40. The molecule has 3 rings (SSSR count). The Bertz CT molecular complexity index is 1130. The van der Waals surface area contributed by atoms with Crippen molar-refractivity contribution >= 4 is 28.3 Å². The molecule has 2 aromatic heterocycles. The fraction of sp³-hybridized carbons (Fsp3) is 0.211. The van der Waals surface area contributed by atoms with Crippen molar-refractivity contribution in [3.63, 3.8) is 0 Å². The van der Waals surface area contributed by atoms with Crippen molar-refractivity contribution in [1.82, 2.24) is 4.98 Å². The highest BCUT2D eigenvalue weighted by molar-refractivity contribution is 7.14. The number of nitrogens with zero attached hydrogens (tertiary/aromatic N) is 1. The Labute approximate surface area is 180 Å². The van der Waals surface area contributed by atoms with Crippen molar-refractivity contribution in [1.29, 1.82) is 0 Å². The van der Waals surface area contributed by atoms with Gasteiger partial charge in [-0.05, 0) is 19.1 Å². The number of esters is 1. The third kappa shape index (κ3) is 5.04. The Morgan fingerprint density at radius 2 is 1.72 bits per heavy atom. The Balaban J connectivity index is 1.62. The molecular formula is C19H13F5N2O5S. The number of halogens is 5. The van der Waals surface area contributed by atoms with Crippen molar-refractivity contribution in [2.75, 3.05) is 11.9 Å². The van der Waals surface area contributed by atoms with Gasteiger partial charge in [0, 0.05) is 5.38 Å². The first kappa shape index (κ1) is 23.2. The molecule has 0 fully saturated rings. The van der Waals surface area contributed by atoms with Crippen molar-refractivity contribution < 1.29 is 45.4 Å². The number of amides is 1. The van der Waals surface area contributed by atoms with E-state index in [4.69, 9.17) is 9.15 Å². The molecule has 1 N–H and O–H groups in total. The molecule has 7 nitrogen and oxygen atoms in total. The molecule has 0 unspecified atom stereocenters. The smallest absolute Gasteiger partial charge is 0.311 e. The van der Waals surface area contributed by atoms with Gasteiger partial charge in [-0.25, -0.2) is 18.2 Å². The number of benzene rings is 1. The maximum atomic E-state index is 13.6. The topological polar surface area (TPSA) is 90.7 Å². The van der Waals surface area contributed by atoms with E-state index in [-0.39, 0.29) is 29.7 Å². The normalized spacial score (nSPS) is 10.8. The third-order valence-corrected chi connectivity index (χ3v) is 4.62. The molecule has 170 valence electrons. The zero-order valence-electron chi connectivity index (χ0n) is 16.1. The molecule has 3 aromatic rings. The number of ether oxygens (including phenoxy) is 2. The van der Waals surface area contributed by atoms with E-state index in [0.29, 0.717) is 5.69 Å². The zero-order chi connectivity index (χ0) is 23.4. The van der Waals surface area contributed by atoms with Crippen molar-refractivity contribution in [2.45, 2.75) is 20.0 Å². The molecule has 1 amide bonds. The second-order valence-corrected chi connectivity index (χ2v) is 6.89. The lowest BCUT2D eigenvalue weighted by Crippen LogP contribution is -2.11. The zero-order valence-corrected chi connectivity index (χ0v) is 17.0. The first-order chi connectivity index (χ1) is 15.2. The molecule has 0 spiro atoms. The van der Waals surface area contributed by atoms with Gasteiger partial charge in [0.1, 0.15) is 12.4 Å². The number of thiazole rings is 1. The van der Waals surface area contributed by atoms with E-state index < -0.39 is 53.3 Å². The lowest BCUT2D eigenvalue weighted by molar-refractivity contribution is -0.142. The molecule has 0 bridgehead atoms. The van der Waals surface area contributed by atoms with Crippen molar-refractivity contribution in [3.8, 4) is 5.75 Å². The summed E-state index contributed by atoms with van der Waals surface area (Å²) in [7, 11) is 0. The number of carbonyl (C=O) groups excluding carboxylic acids is 2.